The summed E-state index contributed by atoms with van der Waals surface area (Å²) in [4.78, 5) is 26.3. The Morgan fingerprint density at radius 3 is 2.46 bits per heavy atom. The number of piperidine rings is 1. The van der Waals surface area contributed by atoms with Gasteiger partial charge >= 0.3 is 0 Å². The molecule has 0 unspecified atom stereocenters. The lowest BCUT2D eigenvalue weighted by Crippen LogP contribution is -2.40. The third-order valence-electron chi connectivity index (χ3n) is 5.17. The van der Waals surface area contributed by atoms with Crippen molar-refractivity contribution in [2.75, 3.05) is 18.4 Å². The van der Waals surface area contributed by atoms with E-state index in [1.165, 1.54) is 12.1 Å². The minimum absolute atomic E-state index is 0.157. The summed E-state index contributed by atoms with van der Waals surface area (Å²) < 4.78 is 13.0. The SMILES string of the molecule is Cc1ccc(NC(=O)CC(=O)N2CCC(Cc3ccc(F)cc3)CC2)cc1Cl. The van der Waals surface area contributed by atoms with Crippen LogP contribution < -0.4 is 5.32 Å². The van der Waals surface area contributed by atoms with Crippen molar-refractivity contribution in [1.82, 2.24) is 4.90 Å². The molecule has 148 valence electrons. The number of rotatable bonds is 5. The number of nitrogens with one attached hydrogen (secondary N) is 1. The van der Waals surface area contributed by atoms with E-state index in [0.29, 0.717) is 29.7 Å². The molecule has 0 radical (unpaired) electrons. The minimum Gasteiger partial charge on any atom is -0.342 e. The van der Waals surface area contributed by atoms with E-state index < -0.39 is 0 Å². The number of carbonyl (C=O) groups excluding carboxylic acids is 2. The lowest BCUT2D eigenvalue weighted by Gasteiger charge is -2.32. The first-order chi connectivity index (χ1) is 13.4. The van der Waals surface area contributed by atoms with Crippen LogP contribution in [-0.4, -0.2) is 29.8 Å². The molecule has 0 aliphatic carbocycles. The van der Waals surface area contributed by atoms with Crippen LogP contribution in [0.25, 0.3) is 0 Å². The van der Waals surface area contributed by atoms with Gasteiger partial charge in [0.05, 0.1) is 0 Å². The molecule has 1 aliphatic heterocycles. The standard InChI is InChI=1S/C22H24ClFN2O2/c1-15-2-7-19(13-20(15)23)25-21(27)14-22(28)26-10-8-17(9-11-26)12-16-3-5-18(24)6-4-16/h2-7,13,17H,8-12,14H2,1H3,(H,25,27). The molecule has 1 heterocycles. The van der Waals surface area contributed by atoms with Gasteiger partial charge in [0.15, 0.2) is 0 Å². The quantitative estimate of drug-likeness (QED) is 0.743. The normalized spacial score (nSPS) is 14.8. The summed E-state index contributed by atoms with van der Waals surface area (Å²) in [5, 5.41) is 3.30. The van der Waals surface area contributed by atoms with Gasteiger partial charge in [-0.05, 0) is 67.5 Å². The van der Waals surface area contributed by atoms with Crippen LogP contribution in [0.5, 0.6) is 0 Å². The van der Waals surface area contributed by atoms with Gasteiger partial charge in [-0.15, -0.1) is 0 Å². The van der Waals surface area contributed by atoms with Crippen LogP contribution in [-0.2, 0) is 16.0 Å². The van der Waals surface area contributed by atoms with Gasteiger partial charge in [0, 0.05) is 23.8 Å². The van der Waals surface area contributed by atoms with E-state index in [2.05, 4.69) is 5.32 Å². The zero-order valence-corrected chi connectivity index (χ0v) is 16.6. The molecule has 6 heteroatoms. The van der Waals surface area contributed by atoms with Crippen molar-refractivity contribution in [2.24, 2.45) is 5.92 Å². The predicted molar refractivity (Wildman–Crippen MR) is 109 cm³/mol. The van der Waals surface area contributed by atoms with Crippen LogP contribution in [0.2, 0.25) is 5.02 Å². The Kier molecular flexibility index (Phi) is 6.68. The van der Waals surface area contributed by atoms with Crippen LogP contribution in [0.15, 0.2) is 42.5 Å². The molecule has 1 N–H and O–H groups in total. The van der Waals surface area contributed by atoms with Crippen LogP contribution >= 0.6 is 11.6 Å². The number of likely N-dealkylation sites (tertiary alicyclic amines) is 1. The summed E-state index contributed by atoms with van der Waals surface area (Å²) in [6, 6.07) is 11.9. The van der Waals surface area contributed by atoms with Crippen molar-refractivity contribution < 1.29 is 14.0 Å². The highest BCUT2D eigenvalue weighted by Gasteiger charge is 2.24. The number of anilines is 1. The Morgan fingerprint density at radius 2 is 1.82 bits per heavy atom. The fraction of sp³-hybridized carbons (Fsp3) is 0.364. The lowest BCUT2D eigenvalue weighted by molar-refractivity contribution is -0.135. The lowest BCUT2D eigenvalue weighted by atomic mass is 9.90. The second-order valence-electron chi connectivity index (χ2n) is 7.34. The zero-order valence-electron chi connectivity index (χ0n) is 15.9. The first kappa shape index (κ1) is 20.3. The summed E-state index contributed by atoms with van der Waals surface area (Å²) in [6.45, 7) is 3.18. The summed E-state index contributed by atoms with van der Waals surface area (Å²) in [6.07, 6.45) is 2.49. The highest BCUT2D eigenvalue weighted by molar-refractivity contribution is 6.31. The third kappa shape index (κ3) is 5.55. The Bertz CT molecular complexity index is 846. The maximum absolute atomic E-state index is 13.0. The number of nitrogens with zero attached hydrogens (tertiary/aromatic N) is 1. The molecule has 0 aromatic heterocycles. The van der Waals surface area contributed by atoms with Crippen LogP contribution in [0.1, 0.15) is 30.4 Å². The molecule has 0 bridgehead atoms. The van der Waals surface area contributed by atoms with Gasteiger partial charge in [-0.3, -0.25) is 9.59 Å². The van der Waals surface area contributed by atoms with Crippen molar-refractivity contribution >= 4 is 29.1 Å². The van der Waals surface area contributed by atoms with Crippen LogP contribution in [0.3, 0.4) is 0 Å². The number of carbonyl (C=O) groups is 2. The molecular formula is C22H24ClFN2O2. The van der Waals surface area contributed by atoms with Crippen molar-refractivity contribution in [3.63, 3.8) is 0 Å². The molecule has 2 amide bonds. The number of hydrogen-bond acceptors (Lipinski definition) is 2. The van der Waals surface area contributed by atoms with E-state index in [1.807, 2.05) is 25.1 Å². The number of benzene rings is 2. The fourth-order valence-corrected chi connectivity index (χ4v) is 3.65. The van der Waals surface area contributed by atoms with Crippen molar-refractivity contribution in [3.8, 4) is 0 Å². The molecule has 0 spiro atoms. The summed E-state index contributed by atoms with van der Waals surface area (Å²) in [5.41, 5.74) is 2.63. The third-order valence-corrected chi connectivity index (χ3v) is 5.58. The van der Waals surface area contributed by atoms with Gasteiger partial charge < -0.3 is 10.2 Å². The highest BCUT2D eigenvalue weighted by Crippen LogP contribution is 2.23. The molecule has 0 saturated carbocycles. The molecular weight excluding hydrogens is 379 g/mol. The van der Waals surface area contributed by atoms with E-state index in [-0.39, 0.29) is 24.1 Å². The van der Waals surface area contributed by atoms with Crippen molar-refractivity contribution in [1.29, 1.82) is 0 Å². The predicted octanol–water partition coefficient (Wildman–Crippen LogP) is 4.60. The van der Waals surface area contributed by atoms with Crippen molar-refractivity contribution in [2.45, 2.75) is 32.6 Å². The molecule has 2 aromatic carbocycles. The first-order valence-corrected chi connectivity index (χ1v) is 9.87. The molecule has 28 heavy (non-hydrogen) atoms. The number of halogens is 2. The topological polar surface area (TPSA) is 49.4 Å². The number of aryl methyl sites for hydroxylation is 1. The zero-order chi connectivity index (χ0) is 20.1. The number of amides is 2. The van der Waals surface area contributed by atoms with Gasteiger partial charge in [0.1, 0.15) is 12.2 Å². The van der Waals surface area contributed by atoms with Gasteiger partial charge in [0.25, 0.3) is 0 Å². The second-order valence-corrected chi connectivity index (χ2v) is 7.75. The highest BCUT2D eigenvalue weighted by atomic mass is 35.5. The van der Waals surface area contributed by atoms with Crippen molar-refractivity contribution in [3.05, 3.63) is 64.4 Å². The van der Waals surface area contributed by atoms with Gasteiger partial charge in [0.2, 0.25) is 11.8 Å². The molecule has 1 fully saturated rings. The average Bonchev–Trinajstić information content (AvgIpc) is 2.67. The van der Waals surface area contributed by atoms with Gasteiger partial charge in [-0.25, -0.2) is 4.39 Å². The minimum atomic E-state index is -0.335. The maximum atomic E-state index is 13.0. The molecule has 1 saturated heterocycles. The molecule has 3 rings (SSSR count). The summed E-state index contributed by atoms with van der Waals surface area (Å²) in [5.74, 6) is -0.248. The van der Waals surface area contributed by atoms with Crippen LogP contribution in [0.4, 0.5) is 10.1 Å². The maximum Gasteiger partial charge on any atom is 0.233 e. The largest absolute Gasteiger partial charge is 0.342 e. The molecule has 2 aromatic rings. The second kappa shape index (κ2) is 9.20. The first-order valence-electron chi connectivity index (χ1n) is 9.49. The van der Waals surface area contributed by atoms with E-state index in [0.717, 1.165) is 30.4 Å². The van der Waals surface area contributed by atoms with Crippen LogP contribution in [0, 0.1) is 18.7 Å². The summed E-state index contributed by atoms with van der Waals surface area (Å²) >= 11 is 6.06. The van der Waals surface area contributed by atoms with Gasteiger partial charge in [-0.2, -0.15) is 0 Å². The Morgan fingerprint density at radius 1 is 1.14 bits per heavy atom. The Labute approximate surface area is 169 Å². The fourth-order valence-electron chi connectivity index (χ4n) is 3.47. The summed E-state index contributed by atoms with van der Waals surface area (Å²) in [7, 11) is 0. The molecule has 4 nitrogen and oxygen atoms in total. The van der Waals surface area contributed by atoms with E-state index in [4.69, 9.17) is 11.6 Å². The Hall–Kier alpha value is -2.40. The molecule has 1 aliphatic rings. The van der Waals surface area contributed by atoms with E-state index in [9.17, 15) is 14.0 Å². The smallest absolute Gasteiger partial charge is 0.233 e. The average molecular weight is 403 g/mol. The van der Waals surface area contributed by atoms with E-state index in [1.54, 1.807) is 17.0 Å². The number of hydrogen-bond donors (Lipinski definition) is 1. The van der Waals surface area contributed by atoms with Gasteiger partial charge in [-0.1, -0.05) is 29.8 Å². The Balaban J connectivity index is 1.44. The van der Waals surface area contributed by atoms with E-state index >= 15 is 0 Å². The molecule has 0 atom stereocenters. The monoisotopic (exact) mass is 402 g/mol.